The van der Waals surface area contributed by atoms with Crippen LogP contribution in [0.1, 0.15) is 10.4 Å². The summed E-state index contributed by atoms with van der Waals surface area (Å²) in [6, 6.07) is 1.24. The smallest absolute Gasteiger partial charge is 0.319 e. The number of nitrogens with one attached hydrogen (secondary N) is 1. The van der Waals surface area contributed by atoms with Crippen LogP contribution in [0.5, 0.6) is 0 Å². The third kappa shape index (κ3) is 2.54. The van der Waals surface area contributed by atoms with Crippen LogP contribution in [0.2, 0.25) is 5.15 Å². The normalized spacial score (nSPS) is 9.56. The summed E-state index contributed by atoms with van der Waals surface area (Å²) in [6.45, 7) is 3.63. The lowest BCUT2D eigenvalue weighted by Crippen LogP contribution is -2.24. The number of hydrogen-bond acceptors (Lipinski definition) is 4. The molecule has 0 spiro atoms. The number of hydrogen-bond donors (Lipinski definition) is 1. The third-order valence-corrected chi connectivity index (χ3v) is 1.99. The van der Waals surface area contributed by atoms with Gasteiger partial charge in [-0.25, -0.2) is 4.98 Å². The minimum Gasteiger partial charge on any atom is -0.348 e. The predicted molar refractivity (Wildman–Crippen MR) is 58.4 cm³/mol. The van der Waals surface area contributed by atoms with Gasteiger partial charge in [-0.15, -0.1) is 6.58 Å². The molecule has 0 aromatic carbocycles. The van der Waals surface area contributed by atoms with Crippen molar-refractivity contribution in [1.82, 2.24) is 10.3 Å². The van der Waals surface area contributed by atoms with E-state index in [-0.39, 0.29) is 17.3 Å². The number of amides is 1. The van der Waals surface area contributed by atoms with E-state index in [1.807, 2.05) is 0 Å². The van der Waals surface area contributed by atoms with Gasteiger partial charge < -0.3 is 5.32 Å². The monoisotopic (exact) mass is 241 g/mol. The first-order chi connectivity index (χ1) is 7.57. The highest BCUT2D eigenvalue weighted by molar-refractivity contribution is 6.32. The second kappa shape index (κ2) is 5.22. The van der Waals surface area contributed by atoms with Gasteiger partial charge in [0.05, 0.1) is 4.92 Å². The number of aromatic nitrogens is 1. The summed E-state index contributed by atoms with van der Waals surface area (Å²) in [4.78, 5) is 25.0. The van der Waals surface area contributed by atoms with E-state index in [2.05, 4.69) is 16.9 Å². The molecule has 84 valence electrons. The van der Waals surface area contributed by atoms with Crippen LogP contribution in [0, 0.1) is 10.1 Å². The van der Waals surface area contributed by atoms with E-state index in [0.717, 1.165) is 0 Å². The molecule has 0 saturated carbocycles. The van der Waals surface area contributed by atoms with Gasteiger partial charge in [0, 0.05) is 12.7 Å². The second-order valence-electron chi connectivity index (χ2n) is 2.75. The molecule has 0 aliphatic heterocycles. The zero-order valence-corrected chi connectivity index (χ0v) is 8.90. The number of nitro groups is 1. The van der Waals surface area contributed by atoms with Crippen LogP contribution >= 0.6 is 11.6 Å². The minimum atomic E-state index is -0.738. The van der Waals surface area contributed by atoms with Gasteiger partial charge in [-0.2, -0.15) is 0 Å². The van der Waals surface area contributed by atoms with Gasteiger partial charge in [0.15, 0.2) is 0 Å². The largest absolute Gasteiger partial charge is 0.348 e. The Bertz CT molecular complexity index is 448. The highest BCUT2D eigenvalue weighted by atomic mass is 35.5. The maximum Gasteiger partial charge on any atom is 0.319 e. The molecular weight excluding hydrogens is 234 g/mol. The number of pyridine rings is 1. The lowest BCUT2D eigenvalue weighted by molar-refractivity contribution is -0.385. The summed E-state index contributed by atoms with van der Waals surface area (Å²) in [5.74, 6) is -0.587. The summed E-state index contributed by atoms with van der Waals surface area (Å²) >= 11 is 5.55. The van der Waals surface area contributed by atoms with Gasteiger partial charge in [0.25, 0.3) is 5.91 Å². The molecule has 0 radical (unpaired) electrons. The fourth-order valence-corrected chi connectivity index (χ4v) is 1.27. The molecule has 7 heteroatoms. The van der Waals surface area contributed by atoms with Crippen LogP contribution in [0.3, 0.4) is 0 Å². The first-order valence-corrected chi connectivity index (χ1v) is 4.63. The molecule has 0 fully saturated rings. The molecule has 1 heterocycles. The summed E-state index contributed by atoms with van der Waals surface area (Å²) < 4.78 is 0. The Labute approximate surface area is 96.1 Å². The molecule has 1 N–H and O–H groups in total. The van der Waals surface area contributed by atoms with Crippen LogP contribution in [0.25, 0.3) is 0 Å². The lowest BCUT2D eigenvalue weighted by atomic mass is 10.2. The van der Waals surface area contributed by atoms with Crippen LogP contribution in [0.4, 0.5) is 5.69 Å². The first kappa shape index (κ1) is 12.1. The number of carbonyl (C=O) groups is 1. The Balaban J connectivity index is 3.12. The topological polar surface area (TPSA) is 85.1 Å². The first-order valence-electron chi connectivity index (χ1n) is 4.26. The van der Waals surface area contributed by atoms with Gasteiger partial charge in [0.1, 0.15) is 5.56 Å². The Morgan fingerprint density at radius 2 is 2.44 bits per heavy atom. The summed E-state index contributed by atoms with van der Waals surface area (Å²) in [5.41, 5.74) is -0.613. The molecule has 1 aromatic rings. The molecule has 6 nitrogen and oxygen atoms in total. The van der Waals surface area contributed by atoms with E-state index in [4.69, 9.17) is 11.6 Å². The fraction of sp³-hybridized carbons (Fsp3) is 0.111. The number of halogens is 1. The molecule has 1 aromatic heterocycles. The van der Waals surface area contributed by atoms with Crippen LogP contribution in [-0.4, -0.2) is 22.4 Å². The van der Waals surface area contributed by atoms with Gasteiger partial charge in [-0.05, 0) is 6.07 Å². The van der Waals surface area contributed by atoms with Gasteiger partial charge >= 0.3 is 5.69 Å². The predicted octanol–water partition coefficient (Wildman–Crippen LogP) is 1.56. The Kier molecular flexibility index (Phi) is 3.96. The van der Waals surface area contributed by atoms with Gasteiger partial charge in [0.2, 0.25) is 5.15 Å². The van der Waals surface area contributed by atoms with E-state index in [0.29, 0.717) is 0 Å². The maximum atomic E-state index is 11.5. The SMILES string of the molecule is C=CCNC(=O)c1ccnc(Cl)c1[N+](=O)[O-]. The number of carbonyl (C=O) groups excluding carboxylic acids is 1. The fourth-order valence-electron chi connectivity index (χ4n) is 1.05. The summed E-state index contributed by atoms with van der Waals surface area (Å²) in [5, 5.41) is 12.8. The van der Waals surface area contributed by atoms with Crippen molar-refractivity contribution in [2.45, 2.75) is 0 Å². The van der Waals surface area contributed by atoms with Gasteiger partial charge in [-0.1, -0.05) is 17.7 Å². The molecule has 1 rings (SSSR count). The Morgan fingerprint density at radius 3 is 3.00 bits per heavy atom. The average Bonchev–Trinajstić information content (AvgIpc) is 2.24. The standard InChI is InChI=1S/C9H8ClN3O3/c1-2-4-12-9(14)6-3-5-11-8(10)7(6)13(15)16/h2-3,5H,1,4H2,(H,12,14). The van der Waals surface area contributed by atoms with Crippen molar-refractivity contribution in [2.24, 2.45) is 0 Å². The molecule has 0 saturated heterocycles. The van der Waals surface area contributed by atoms with E-state index < -0.39 is 16.5 Å². The minimum absolute atomic E-state index is 0.119. The summed E-state index contributed by atoms with van der Waals surface area (Å²) in [6.07, 6.45) is 2.70. The summed E-state index contributed by atoms with van der Waals surface area (Å²) in [7, 11) is 0. The molecule has 0 atom stereocenters. The Morgan fingerprint density at radius 1 is 1.75 bits per heavy atom. The quantitative estimate of drug-likeness (QED) is 0.375. The van der Waals surface area contributed by atoms with Gasteiger partial charge in [-0.3, -0.25) is 14.9 Å². The van der Waals surface area contributed by atoms with E-state index >= 15 is 0 Å². The zero-order chi connectivity index (χ0) is 12.1. The maximum absolute atomic E-state index is 11.5. The van der Waals surface area contributed by atoms with Crippen molar-refractivity contribution >= 4 is 23.2 Å². The molecule has 0 aliphatic carbocycles. The van der Waals surface area contributed by atoms with Crippen molar-refractivity contribution in [2.75, 3.05) is 6.54 Å². The Hall–Kier alpha value is -1.95. The lowest BCUT2D eigenvalue weighted by Gasteiger charge is -2.03. The van der Waals surface area contributed by atoms with Crippen molar-refractivity contribution in [1.29, 1.82) is 0 Å². The highest BCUT2D eigenvalue weighted by Gasteiger charge is 2.24. The molecular formula is C9H8ClN3O3. The zero-order valence-electron chi connectivity index (χ0n) is 8.14. The molecule has 1 amide bonds. The number of rotatable bonds is 4. The third-order valence-electron chi connectivity index (χ3n) is 1.71. The van der Waals surface area contributed by atoms with Crippen molar-refractivity contribution < 1.29 is 9.72 Å². The van der Waals surface area contributed by atoms with E-state index in [1.165, 1.54) is 18.3 Å². The van der Waals surface area contributed by atoms with Crippen molar-refractivity contribution in [3.63, 3.8) is 0 Å². The van der Waals surface area contributed by atoms with E-state index in [1.54, 1.807) is 0 Å². The van der Waals surface area contributed by atoms with E-state index in [9.17, 15) is 14.9 Å². The average molecular weight is 242 g/mol. The molecule has 16 heavy (non-hydrogen) atoms. The van der Waals surface area contributed by atoms with Crippen molar-refractivity contribution in [3.8, 4) is 0 Å². The second-order valence-corrected chi connectivity index (χ2v) is 3.11. The van der Waals surface area contributed by atoms with Crippen LogP contribution in [-0.2, 0) is 0 Å². The van der Waals surface area contributed by atoms with Crippen molar-refractivity contribution in [3.05, 3.63) is 45.7 Å². The van der Waals surface area contributed by atoms with Crippen LogP contribution in [0.15, 0.2) is 24.9 Å². The molecule has 0 unspecified atom stereocenters. The highest BCUT2D eigenvalue weighted by Crippen LogP contribution is 2.25. The number of nitrogens with zero attached hydrogens (tertiary/aromatic N) is 2. The van der Waals surface area contributed by atoms with Crippen LogP contribution < -0.4 is 5.32 Å². The molecule has 0 aliphatic rings. The molecule has 0 bridgehead atoms.